The van der Waals surface area contributed by atoms with Crippen LogP contribution in [0.3, 0.4) is 0 Å². The summed E-state index contributed by atoms with van der Waals surface area (Å²) in [6, 6.07) is 9.96. The van der Waals surface area contributed by atoms with Crippen LogP contribution < -0.4 is 10.2 Å². The van der Waals surface area contributed by atoms with Gasteiger partial charge in [0.15, 0.2) is 5.82 Å². The van der Waals surface area contributed by atoms with Gasteiger partial charge in [0, 0.05) is 64.5 Å². The largest absolute Gasteiger partial charge is 0.361 e. The van der Waals surface area contributed by atoms with Gasteiger partial charge in [0.2, 0.25) is 11.9 Å². The van der Waals surface area contributed by atoms with Crippen LogP contribution in [0, 0.1) is 5.92 Å². The van der Waals surface area contributed by atoms with Crippen LogP contribution in [0.2, 0.25) is 5.02 Å². The topological polar surface area (TPSA) is 106 Å². The Labute approximate surface area is 226 Å². The number of anilines is 3. The van der Waals surface area contributed by atoms with E-state index in [9.17, 15) is 4.79 Å². The van der Waals surface area contributed by atoms with Gasteiger partial charge in [-0.3, -0.25) is 9.69 Å². The number of piperazine rings is 1. The van der Waals surface area contributed by atoms with E-state index in [2.05, 4.69) is 35.1 Å². The maximum atomic E-state index is 12.3. The summed E-state index contributed by atoms with van der Waals surface area (Å²) >= 11 is 6.59. The highest BCUT2D eigenvalue weighted by Gasteiger charge is 2.34. The maximum absolute atomic E-state index is 12.3. The van der Waals surface area contributed by atoms with Gasteiger partial charge in [0.1, 0.15) is 17.2 Å². The van der Waals surface area contributed by atoms with Crippen molar-refractivity contribution in [2.45, 2.75) is 19.4 Å². The van der Waals surface area contributed by atoms with Crippen LogP contribution in [-0.4, -0.2) is 80.9 Å². The van der Waals surface area contributed by atoms with Crippen LogP contribution in [-0.2, 0) is 11.3 Å². The predicted molar refractivity (Wildman–Crippen MR) is 149 cm³/mol. The average Bonchev–Trinajstić information content (AvgIpc) is 3.69. The number of aromatic nitrogens is 5. The summed E-state index contributed by atoms with van der Waals surface area (Å²) in [6.07, 6.45) is 5.45. The number of aromatic amines is 1. The minimum Gasteiger partial charge on any atom is -0.361 e. The number of halogens is 1. The monoisotopic (exact) mass is 531 g/mol. The Morgan fingerprint density at radius 1 is 1.11 bits per heavy atom. The molecule has 0 unspecified atom stereocenters. The van der Waals surface area contributed by atoms with Crippen molar-refractivity contribution in [1.29, 1.82) is 0 Å². The Balaban J connectivity index is 1.13. The van der Waals surface area contributed by atoms with E-state index in [-0.39, 0.29) is 0 Å². The number of fused-ring (bicyclic) bond motifs is 1. The van der Waals surface area contributed by atoms with Crippen LogP contribution in [0.15, 0.2) is 42.9 Å². The minimum atomic E-state index is 0.293. The number of carbonyl (C=O) groups excluding carboxylic acids is 1. The molecule has 1 saturated carbocycles. The van der Waals surface area contributed by atoms with Crippen molar-refractivity contribution in [3.63, 3.8) is 0 Å². The number of nitrogens with zero attached hydrogens (tertiary/aromatic N) is 7. The van der Waals surface area contributed by atoms with E-state index in [4.69, 9.17) is 11.6 Å². The quantitative estimate of drug-likeness (QED) is 0.369. The Bertz CT molecular complexity index is 1470. The lowest BCUT2D eigenvalue weighted by molar-refractivity contribution is -0.134. The Morgan fingerprint density at radius 2 is 1.92 bits per heavy atom. The van der Waals surface area contributed by atoms with Crippen LogP contribution >= 0.6 is 11.6 Å². The molecule has 11 heteroatoms. The molecule has 0 bridgehead atoms. The lowest BCUT2D eigenvalue weighted by Crippen LogP contribution is -2.48. The highest BCUT2D eigenvalue weighted by molar-refractivity contribution is 6.35. The van der Waals surface area contributed by atoms with Gasteiger partial charge in [-0.2, -0.15) is 0 Å². The van der Waals surface area contributed by atoms with Crippen molar-refractivity contribution in [3.05, 3.63) is 53.4 Å². The second kappa shape index (κ2) is 10.2. The fourth-order valence-electron chi connectivity index (χ4n) is 4.83. The average molecular weight is 532 g/mol. The van der Waals surface area contributed by atoms with E-state index < -0.39 is 0 Å². The predicted octanol–water partition coefficient (Wildman–Crippen LogP) is 3.93. The molecular weight excluding hydrogens is 502 g/mol. The lowest BCUT2D eigenvalue weighted by Gasteiger charge is -2.34. The van der Waals surface area contributed by atoms with Gasteiger partial charge in [-0.1, -0.05) is 17.7 Å². The number of hydrogen-bond acceptors (Lipinski definition) is 8. The van der Waals surface area contributed by atoms with Gasteiger partial charge >= 0.3 is 0 Å². The van der Waals surface area contributed by atoms with Gasteiger partial charge in [0.05, 0.1) is 16.7 Å². The molecule has 10 nitrogen and oxygen atoms in total. The van der Waals surface area contributed by atoms with E-state index in [0.29, 0.717) is 34.3 Å². The lowest BCUT2D eigenvalue weighted by atomic mass is 10.1. The first-order valence-electron chi connectivity index (χ1n) is 12.9. The van der Waals surface area contributed by atoms with Crippen LogP contribution in [0.5, 0.6) is 0 Å². The van der Waals surface area contributed by atoms with Crippen molar-refractivity contribution in [3.8, 4) is 11.3 Å². The Morgan fingerprint density at radius 3 is 2.68 bits per heavy atom. The van der Waals surface area contributed by atoms with Crippen molar-refractivity contribution in [2.75, 3.05) is 50.5 Å². The molecule has 2 N–H and O–H groups in total. The number of benzene rings is 1. The summed E-state index contributed by atoms with van der Waals surface area (Å²) in [5.74, 6) is 2.64. The van der Waals surface area contributed by atoms with E-state index in [1.54, 1.807) is 0 Å². The zero-order valence-electron chi connectivity index (χ0n) is 21.5. The molecule has 1 saturated heterocycles. The third-order valence-electron chi connectivity index (χ3n) is 7.04. The molecule has 3 aromatic heterocycles. The molecule has 4 heterocycles. The third kappa shape index (κ3) is 5.14. The van der Waals surface area contributed by atoms with Crippen molar-refractivity contribution < 1.29 is 4.79 Å². The van der Waals surface area contributed by atoms with Crippen LogP contribution in [0.1, 0.15) is 18.4 Å². The van der Waals surface area contributed by atoms with Gasteiger partial charge in [-0.15, -0.1) is 0 Å². The Kier molecular flexibility index (Phi) is 6.59. The van der Waals surface area contributed by atoms with E-state index in [1.165, 1.54) is 6.33 Å². The second-order valence-electron chi connectivity index (χ2n) is 10.1. The van der Waals surface area contributed by atoms with Crippen molar-refractivity contribution in [1.82, 2.24) is 34.7 Å². The molecule has 0 spiro atoms. The van der Waals surface area contributed by atoms with E-state index in [1.807, 2.05) is 60.4 Å². The number of hydrogen-bond donors (Lipinski definition) is 2. The molecule has 1 aromatic carbocycles. The number of carbonyl (C=O) groups is 1. The minimum absolute atomic E-state index is 0.293. The number of imidazole rings is 1. The first-order chi connectivity index (χ1) is 18.4. The van der Waals surface area contributed by atoms with Gasteiger partial charge in [0.25, 0.3) is 0 Å². The summed E-state index contributed by atoms with van der Waals surface area (Å²) < 4.78 is 0. The molecule has 1 amide bonds. The molecule has 2 fully saturated rings. The highest BCUT2D eigenvalue weighted by atomic mass is 35.5. The van der Waals surface area contributed by atoms with Gasteiger partial charge in [-0.05, 0) is 42.7 Å². The zero-order valence-corrected chi connectivity index (χ0v) is 22.2. The highest BCUT2D eigenvalue weighted by Crippen LogP contribution is 2.33. The molecule has 4 aromatic rings. The SMILES string of the molecule is CN(C)c1ncnc(-c2ccc3nc(Nc4cc(CN5CCN(C(=O)C6CC6)CC5)ccn4)[nH]c3c2)c1Cl. The molecule has 6 rings (SSSR count). The maximum Gasteiger partial charge on any atom is 0.225 e. The molecule has 38 heavy (non-hydrogen) atoms. The molecule has 0 radical (unpaired) electrons. The fraction of sp³-hybridized carbons (Fsp3) is 0.370. The molecule has 2 aliphatic rings. The summed E-state index contributed by atoms with van der Waals surface area (Å²) in [4.78, 5) is 39.8. The molecule has 1 aliphatic carbocycles. The summed E-state index contributed by atoms with van der Waals surface area (Å²) in [7, 11) is 3.80. The summed E-state index contributed by atoms with van der Waals surface area (Å²) in [5.41, 5.74) is 4.40. The molecule has 1 aliphatic heterocycles. The third-order valence-corrected chi connectivity index (χ3v) is 7.39. The fourth-order valence-corrected chi connectivity index (χ4v) is 5.20. The normalized spacial score (nSPS) is 16.1. The van der Waals surface area contributed by atoms with Crippen LogP contribution in [0.25, 0.3) is 22.3 Å². The number of rotatable bonds is 7. The van der Waals surface area contributed by atoms with E-state index >= 15 is 0 Å². The Hall–Kier alpha value is -3.76. The molecular formula is C27H30ClN9O. The first kappa shape index (κ1) is 24.6. The summed E-state index contributed by atoms with van der Waals surface area (Å²) in [6.45, 7) is 4.22. The summed E-state index contributed by atoms with van der Waals surface area (Å²) in [5, 5.41) is 3.81. The van der Waals surface area contributed by atoms with Crippen molar-refractivity contribution >= 4 is 46.1 Å². The number of H-pyrrole nitrogens is 1. The first-order valence-corrected chi connectivity index (χ1v) is 13.2. The van der Waals surface area contributed by atoms with Crippen LogP contribution in [0.4, 0.5) is 17.6 Å². The second-order valence-corrected chi connectivity index (χ2v) is 10.5. The molecule has 0 atom stereocenters. The van der Waals surface area contributed by atoms with Gasteiger partial charge in [-0.25, -0.2) is 19.9 Å². The number of pyridine rings is 1. The van der Waals surface area contributed by atoms with Gasteiger partial charge < -0.3 is 20.1 Å². The number of nitrogens with one attached hydrogen (secondary N) is 2. The smallest absolute Gasteiger partial charge is 0.225 e. The zero-order chi connectivity index (χ0) is 26.2. The van der Waals surface area contributed by atoms with Crippen molar-refractivity contribution in [2.24, 2.45) is 5.92 Å². The standard InChI is InChI=1S/C27H30ClN9O/c1-35(2)25-23(28)24(30-16-31-25)19-5-6-20-21(14-19)33-27(32-20)34-22-13-17(7-8-29-22)15-36-9-11-37(12-10-36)26(38)18-3-4-18/h5-8,13-14,16,18H,3-4,9-12,15H2,1-2H3,(H2,29,32,33,34). The molecule has 196 valence electrons. The van der Waals surface area contributed by atoms with E-state index in [0.717, 1.165) is 73.5 Å². The number of amides is 1.